The number of nitrogens with one attached hydrogen (secondary N) is 1. The summed E-state index contributed by atoms with van der Waals surface area (Å²) in [6.45, 7) is 0.569. The summed E-state index contributed by atoms with van der Waals surface area (Å²) in [5.41, 5.74) is 2.35. The minimum atomic E-state index is -3.51. The molecule has 1 aliphatic heterocycles. The molecule has 0 unspecified atom stereocenters. The van der Waals surface area contributed by atoms with E-state index in [2.05, 4.69) is 27.3 Å². The Morgan fingerprint density at radius 1 is 1.07 bits per heavy atom. The number of rotatable bonds is 4. The molecule has 1 saturated carbocycles. The van der Waals surface area contributed by atoms with E-state index < -0.39 is 10.0 Å². The van der Waals surface area contributed by atoms with Crippen LogP contribution in [0, 0.1) is 3.57 Å². The number of carbonyl (C=O) groups excluding carboxylic acids is 1. The van der Waals surface area contributed by atoms with Gasteiger partial charge in [0.25, 0.3) is 5.91 Å². The van der Waals surface area contributed by atoms with Gasteiger partial charge in [0.1, 0.15) is 0 Å². The topological polar surface area (TPSA) is 66.5 Å². The van der Waals surface area contributed by atoms with Crippen LogP contribution in [0.5, 0.6) is 0 Å². The average Bonchev–Trinajstić information content (AvgIpc) is 3.30. The number of halogens is 1. The van der Waals surface area contributed by atoms with Gasteiger partial charge in [-0.25, -0.2) is 13.1 Å². The first kappa shape index (κ1) is 18.9. The Morgan fingerprint density at radius 2 is 1.78 bits per heavy atom. The molecule has 1 amide bonds. The molecule has 0 bridgehead atoms. The summed E-state index contributed by atoms with van der Waals surface area (Å²) in [7, 11) is -3.51. The fourth-order valence-electron chi connectivity index (χ4n) is 3.84. The van der Waals surface area contributed by atoms with Crippen molar-refractivity contribution >= 4 is 44.2 Å². The summed E-state index contributed by atoms with van der Waals surface area (Å²) in [5.74, 6) is -0.0511. The number of benzene rings is 2. The maximum Gasteiger partial charge on any atom is 0.258 e. The first-order chi connectivity index (χ1) is 12.9. The van der Waals surface area contributed by atoms with E-state index in [9.17, 15) is 13.2 Å². The molecule has 0 saturated heterocycles. The molecule has 1 fully saturated rings. The van der Waals surface area contributed by atoms with E-state index in [0.29, 0.717) is 18.5 Å². The van der Waals surface area contributed by atoms with Gasteiger partial charge in [0.05, 0.1) is 4.90 Å². The quantitative estimate of drug-likeness (QED) is 0.657. The summed E-state index contributed by atoms with van der Waals surface area (Å²) < 4.78 is 29.2. The molecule has 0 aromatic heterocycles. The Morgan fingerprint density at radius 3 is 2.48 bits per heavy atom. The lowest BCUT2D eigenvalue weighted by molar-refractivity contribution is 0.0989. The summed E-state index contributed by atoms with van der Waals surface area (Å²) in [6, 6.07) is 12.6. The van der Waals surface area contributed by atoms with E-state index in [0.717, 1.165) is 40.5 Å². The van der Waals surface area contributed by atoms with Crippen LogP contribution < -0.4 is 9.62 Å². The molecule has 5 nitrogen and oxygen atoms in total. The Bertz CT molecular complexity index is 967. The number of hydrogen-bond acceptors (Lipinski definition) is 3. The zero-order valence-corrected chi connectivity index (χ0v) is 17.8. The molecule has 2 aliphatic rings. The average molecular weight is 496 g/mol. The second kappa shape index (κ2) is 7.52. The molecular formula is C20H21IN2O3S. The van der Waals surface area contributed by atoms with Crippen LogP contribution in [0.2, 0.25) is 0 Å². The highest BCUT2D eigenvalue weighted by atomic mass is 127. The van der Waals surface area contributed by atoms with Gasteiger partial charge in [-0.3, -0.25) is 4.79 Å². The first-order valence-corrected chi connectivity index (χ1v) is 11.7. The molecule has 4 rings (SSSR count). The Balaban J connectivity index is 1.56. The number of anilines is 1. The van der Waals surface area contributed by atoms with Gasteiger partial charge in [0.2, 0.25) is 10.0 Å². The SMILES string of the molecule is O=C(c1ccc(I)cc1)N1CCc2cc(S(=O)(=O)NC3CCCC3)ccc21. The number of hydrogen-bond donors (Lipinski definition) is 1. The Hall–Kier alpha value is -1.45. The van der Waals surface area contributed by atoms with Crippen LogP contribution in [0.15, 0.2) is 47.4 Å². The van der Waals surface area contributed by atoms with Crippen molar-refractivity contribution in [2.75, 3.05) is 11.4 Å². The van der Waals surface area contributed by atoms with Crippen molar-refractivity contribution < 1.29 is 13.2 Å². The lowest BCUT2D eigenvalue weighted by atomic mass is 10.1. The van der Waals surface area contributed by atoms with Gasteiger partial charge in [-0.05, 0) is 89.9 Å². The van der Waals surface area contributed by atoms with Crippen LogP contribution in [0.3, 0.4) is 0 Å². The van der Waals surface area contributed by atoms with E-state index in [1.165, 1.54) is 0 Å². The van der Waals surface area contributed by atoms with Crippen LogP contribution in [-0.2, 0) is 16.4 Å². The molecule has 142 valence electrons. The third-order valence-electron chi connectivity index (χ3n) is 5.27. The molecule has 2 aromatic rings. The number of nitrogens with zero attached hydrogens (tertiary/aromatic N) is 1. The van der Waals surface area contributed by atoms with Crippen molar-refractivity contribution in [2.45, 2.75) is 43.0 Å². The van der Waals surface area contributed by atoms with Crippen LogP contribution in [0.25, 0.3) is 0 Å². The largest absolute Gasteiger partial charge is 0.308 e. The lowest BCUT2D eigenvalue weighted by Crippen LogP contribution is -2.32. The van der Waals surface area contributed by atoms with Crippen molar-refractivity contribution in [1.82, 2.24) is 4.72 Å². The van der Waals surface area contributed by atoms with Crippen molar-refractivity contribution in [3.8, 4) is 0 Å². The maximum absolute atomic E-state index is 12.8. The smallest absolute Gasteiger partial charge is 0.258 e. The minimum Gasteiger partial charge on any atom is -0.308 e. The van der Waals surface area contributed by atoms with E-state index >= 15 is 0 Å². The molecule has 1 heterocycles. The molecule has 0 radical (unpaired) electrons. The second-order valence-corrected chi connectivity index (χ2v) is 10.1. The van der Waals surface area contributed by atoms with Crippen molar-refractivity contribution in [3.05, 3.63) is 57.2 Å². The monoisotopic (exact) mass is 496 g/mol. The fourth-order valence-corrected chi connectivity index (χ4v) is 5.55. The van der Waals surface area contributed by atoms with Crippen molar-refractivity contribution in [2.24, 2.45) is 0 Å². The van der Waals surface area contributed by atoms with E-state index in [1.807, 2.05) is 24.3 Å². The highest BCUT2D eigenvalue weighted by molar-refractivity contribution is 14.1. The van der Waals surface area contributed by atoms with Gasteiger partial charge in [-0.15, -0.1) is 0 Å². The Labute approximate surface area is 173 Å². The van der Waals surface area contributed by atoms with E-state index in [4.69, 9.17) is 0 Å². The molecule has 0 spiro atoms. The van der Waals surface area contributed by atoms with E-state index in [-0.39, 0.29) is 16.8 Å². The maximum atomic E-state index is 12.8. The van der Waals surface area contributed by atoms with Crippen molar-refractivity contribution in [3.63, 3.8) is 0 Å². The Kier molecular flexibility index (Phi) is 5.26. The van der Waals surface area contributed by atoms with Gasteiger partial charge in [-0.2, -0.15) is 0 Å². The van der Waals surface area contributed by atoms with E-state index in [1.54, 1.807) is 23.1 Å². The number of sulfonamides is 1. The van der Waals surface area contributed by atoms with Gasteiger partial charge in [-0.1, -0.05) is 12.8 Å². The predicted octanol–water partition coefficient (Wildman–Crippen LogP) is 3.72. The van der Waals surface area contributed by atoms with Gasteiger partial charge in [0.15, 0.2) is 0 Å². The number of carbonyl (C=O) groups is 1. The molecule has 7 heteroatoms. The zero-order valence-electron chi connectivity index (χ0n) is 14.8. The zero-order chi connectivity index (χ0) is 19.0. The third-order valence-corrected chi connectivity index (χ3v) is 7.51. The molecule has 27 heavy (non-hydrogen) atoms. The number of amides is 1. The van der Waals surface area contributed by atoms with Crippen LogP contribution in [-0.4, -0.2) is 26.9 Å². The summed E-state index contributed by atoms with van der Waals surface area (Å²) in [5, 5.41) is 0. The van der Waals surface area contributed by atoms with Gasteiger partial charge >= 0.3 is 0 Å². The van der Waals surface area contributed by atoms with Crippen LogP contribution in [0.4, 0.5) is 5.69 Å². The molecule has 1 aliphatic carbocycles. The normalized spacial score (nSPS) is 17.3. The summed E-state index contributed by atoms with van der Waals surface area (Å²) in [6.07, 6.45) is 4.63. The third kappa shape index (κ3) is 3.90. The highest BCUT2D eigenvalue weighted by Crippen LogP contribution is 2.32. The van der Waals surface area contributed by atoms with Crippen molar-refractivity contribution in [1.29, 1.82) is 0 Å². The number of fused-ring (bicyclic) bond motifs is 1. The lowest BCUT2D eigenvalue weighted by Gasteiger charge is -2.18. The standard InChI is InChI=1S/C20H21IN2O3S/c21-16-7-5-14(6-8-16)20(24)23-12-11-15-13-18(9-10-19(15)23)27(25,26)22-17-3-1-2-4-17/h5-10,13,17,22H,1-4,11-12H2. The van der Waals surface area contributed by atoms with Crippen LogP contribution >= 0.6 is 22.6 Å². The van der Waals surface area contributed by atoms with Gasteiger partial charge < -0.3 is 4.90 Å². The minimum absolute atomic E-state index is 0.0437. The molecular weight excluding hydrogens is 475 g/mol. The first-order valence-electron chi connectivity index (χ1n) is 9.17. The summed E-state index contributed by atoms with van der Waals surface area (Å²) >= 11 is 2.21. The highest BCUT2D eigenvalue weighted by Gasteiger charge is 2.28. The molecule has 0 atom stereocenters. The fraction of sp³-hybridized carbons (Fsp3) is 0.350. The van der Waals surface area contributed by atoms with Gasteiger partial charge in [0, 0.05) is 27.4 Å². The molecule has 2 aromatic carbocycles. The second-order valence-electron chi connectivity index (χ2n) is 7.11. The molecule has 1 N–H and O–H groups in total. The summed E-state index contributed by atoms with van der Waals surface area (Å²) in [4.78, 5) is 14.8. The predicted molar refractivity (Wildman–Crippen MR) is 114 cm³/mol. The van der Waals surface area contributed by atoms with Crippen LogP contribution in [0.1, 0.15) is 41.6 Å².